The van der Waals surface area contributed by atoms with Crippen molar-refractivity contribution >= 4 is 22.8 Å². The summed E-state index contributed by atoms with van der Waals surface area (Å²) in [6.45, 7) is 1.88. The van der Waals surface area contributed by atoms with Gasteiger partial charge in [0.25, 0.3) is 0 Å². The van der Waals surface area contributed by atoms with Gasteiger partial charge in [0.2, 0.25) is 5.91 Å². The topological polar surface area (TPSA) is 84.2 Å². The molecule has 1 amide bonds. The van der Waals surface area contributed by atoms with E-state index in [4.69, 9.17) is 5.11 Å². The minimum atomic E-state index is -1.00. The van der Waals surface area contributed by atoms with Gasteiger partial charge in [0.05, 0.1) is 17.6 Å². The summed E-state index contributed by atoms with van der Waals surface area (Å²) in [4.78, 5) is 23.1. The molecule has 1 aromatic heterocycles. The van der Waals surface area contributed by atoms with E-state index in [-0.39, 0.29) is 12.3 Å². The zero-order valence-electron chi connectivity index (χ0n) is 12.2. The van der Waals surface area contributed by atoms with Crippen molar-refractivity contribution in [2.24, 2.45) is 7.05 Å². The van der Waals surface area contributed by atoms with Gasteiger partial charge in [0.15, 0.2) is 0 Å². The predicted octanol–water partition coefficient (Wildman–Crippen LogP) is 1.49. The molecule has 6 heteroatoms. The Morgan fingerprint density at radius 3 is 2.76 bits per heavy atom. The molecule has 21 heavy (non-hydrogen) atoms. The number of aryl methyl sites for hydroxylation is 1. The van der Waals surface area contributed by atoms with E-state index in [2.05, 4.69) is 10.4 Å². The number of aromatic nitrogens is 2. The molecule has 2 rings (SSSR count). The molecule has 0 saturated carbocycles. The molecular formula is C15H19N3O3. The third-order valence-corrected chi connectivity index (χ3v) is 3.37. The lowest BCUT2D eigenvalue weighted by Gasteiger charge is -2.12. The molecule has 6 nitrogen and oxygen atoms in total. The summed E-state index contributed by atoms with van der Waals surface area (Å²) >= 11 is 0. The number of fused-ring (bicyclic) bond motifs is 1. The molecule has 1 heterocycles. The Bertz CT molecular complexity index is 663. The second-order valence-electron chi connectivity index (χ2n) is 5.01. The molecule has 112 valence electrons. The zero-order chi connectivity index (χ0) is 15.4. The first-order valence-corrected chi connectivity index (χ1v) is 6.95. The number of amides is 1. The Morgan fingerprint density at radius 2 is 2.10 bits per heavy atom. The fraction of sp³-hybridized carbons (Fsp3) is 0.400. The highest BCUT2D eigenvalue weighted by molar-refractivity contribution is 5.89. The van der Waals surface area contributed by atoms with Gasteiger partial charge in [-0.25, -0.2) is 4.79 Å². The van der Waals surface area contributed by atoms with Crippen molar-refractivity contribution in [2.75, 3.05) is 0 Å². The molecule has 0 fully saturated rings. The highest BCUT2D eigenvalue weighted by Crippen LogP contribution is 2.17. The van der Waals surface area contributed by atoms with Gasteiger partial charge in [0.1, 0.15) is 6.04 Å². The molecule has 1 atom stereocenters. The average Bonchev–Trinajstić information content (AvgIpc) is 2.75. The second kappa shape index (κ2) is 6.39. The Kier molecular flexibility index (Phi) is 4.57. The lowest BCUT2D eigenvalue weighted by atomic mass is 10.1. The van der Waals surface area contributed by atoms with Crippen molar-refractivity contribution in [1.82, 2.24) is 15.1 Å². The van der Waals surface area contributed by atoms with Crippen LogP contribution in [0.3, 0.4) is 0 Å². The molecule has 2 N–H and O–H groups in total. The van der Waals surface area contributed by atoms with Gasteiger partial charge in [-0.15, -0.1) is 0 Å². The number of carbonyl (C=O) groups is 2. The Labute approximate surface area is 122 Å². The maximum atomic E-state index is 12.0. The predicted molar refractivity (Wildman–Crippen MR) is 78.9 cm³/mol. The molecule has 2 aromatic rings. The smallest absolute Gasteiger partial charge is 0.326 e. The van der Waals surface area contributed by atoms with Crippen LogP contribution in [0.5, 0.6) is 0 Å². The summed E-state index contributed by atoms with van der Waals surface area (Å²) in [6, 6.07) is 6.81. The first-order chi connectivity index (χ1) is 10.0. The SMILES string of the molecule is CCCC(NC(=O)Cc1nn(C)c2ccccc12)C(=O)O. The number of hydrogen-bond donors (Lipinski definition) is 2. The van der Waals surface area contributed by atoms with Crippen LogP contribution >= 0.6 is 0 Å². The monoisotopic (exact) mass is 289 g/mol. The third-order valence-electron chi connectivity index (χ3n) is 3.37. The quantitative estimate of drug-likeness (QED) is 0.843. The van der Waals surface area contributed by atoms with Gasteiger partial charge in [0, 0.05) is 12.4 Å². The molecule has 0 bridgehead atoms. The largest absolute Gasteiger partial charge is 0.480 e. The Morgan fingerprint density at radius 1 is 1.38 bits per heavy atom. The first-order valence-electron chi connectivity index (χ1n) is 6.95. The van der Waals surface area contributed by atoms with Crippen molar-refractivity contribution in [3.05, 3.63) is 30.0 Å². The number of carboxylic acid groups (broad SMARTS) is 1. The van der Waals surface area contributed by atoms with Crippen LogP contribution < -0.4 is 5.32 Å². The summed E-state index contributed by atoms with van der Waals surface area (Å²) < 4.78 is 1.72. The number of para-hydroxylation sites is 1. The molecular weight excluding hydrogens is 270 g/mol. The van der Waals surface area contributed by atoms with E-state index < -0.39 is 12.0 Å². The maximum absolute atomic E-state index is 12.0. The number of carboxylic acids is 1. The number of carbonyl (C=O) groups excluding carboxylic acids is 1. The van der Waals surface area contributed by atoms with Crippen LogP contribution in [0.25, 0.3) is 10.9 Å². The number of nitrogens with zero attached hydrogens (tertiary/aromatic N) is 2. The first kappa shape index (κ1) is 15.0. The van der Waals surface area contributed by atoms with Crippen LogP contribution in [0.2, 0.25) is 0 Å². The number of hydrogen-bond acceptors (Lipinski definition) is 3. The minimum Gasteiger partial charge on any atom is -0.480 e. The highest BCUT2D eigenvalue weighted by Gasteiger charge is 2.20. The standard InChI is InChI=1S/C15H19N3O3/c1-3-6-11(15(20)21)16-14(19)9-12-10-7-4-5-8-13(10)18(2)17-12/h4-5,7-8,11H,3,6,9H2,1-2H3,(H,16,19)(H,20,21). The number of nitrogens with one attached hydrogen (secondary N) is 1. The number of benzene rings is 1. The van der Waals surface area contributed by atoms with Crippen LogP contribution in [0.15, 0.2) is 24.3 Å². The minimum absolute atomic E-state index is 0.0782. The van der Waals surface area contributed by atoms with Crippen LogP contribution in [0.4, 0.5) is 0 Å². The van der Waals surface area contributed by atoms with Crippen molar-refractivity contribution in [2.45, 2.75) is 32.2 Å². The average molecular weight is 289 g/mol. The Hall–Kier alpha value is -2.37. The lowest BCUT2D eigenvalue weighted by molar-refractivity contribution is -0.141. The normalized spacial score (nSPS) is 12.3. The van der Waals surface area contributed by atoms with E-state index in [0.717, 1.165) is 10.9 Å². The molecule has 0 aliphatic carbocycles. The van der Waals surface area contributed by atoms with Crippen LogP contribution in [-0.4, -0.2) is 32.8 Å². The van der Waals surface area contributed by atoms with Crippen molar-refractivity contribution in [3.63, 3.8) is 0 Å². The van der Waals surface area contributed by atoms with Crippen LogP contribution in [0.1, 0.15) is 25.5 Å². The van der Waals surface area contributed by atoms with Crippen molar-refractivity contribution in [3.8, 4) is 0 Å². The second-order valence-corrected chi connectivity index (χ2v) is 5.01. The van der Waals surface area contributed by atoms with E-state index in [9.17, 15) is 9.59 Å². The van der Waals surface area contributed by atoms with Gasteiger partial charge in [-0.3, -0.25) is 9.48 Å². The molecule has 0 saturated heterocycles. The van der Waals surface area contributed by atoms with Crippen LogP contribution in [0, 0.1) is 0 Å². The lowest BCUT2D eigenvalue weighted by Crippen LogP contribution is -2.41. The van der Waals surface area contributed by atoms with Gasteiger partial charge >= 0.3 is 5.97 Å². The molecule has 1 aromatic carbocycles. The summed E-state index contributed by atoms with van der Waals surface area (Å²) in [7, 11) is 1.82. The van der Waals surface area contributed by atoms with Gasteiger partial charge < -0.3 is 10.4 Å². The molecule has 0 aliphatic heterocycles. The van der Waals surface area contributed by atoms with Gasteiger partial charge in [-0.05, 0) is 12.5 Å². The molecule has 0 radical (unpaired) electrons. The van der Waals surface area contributed by atoms with E-state index >= 15 is 0 Å². The van der Waals surface area contributed by atoms with Crippen molar-refractivity contribution < 1.29 is 14.7 Å². The summed E-state index contributed by atoms with van der Waals surface area (Å²) in [5.41, 5.74) is 1.61. The van der Waals surface area contributed by atoms with Gasteiger partial charge in [-0.1, -0.05) is 31.5 Å². The van der Waals surface area contributed by atoms with Crippen LogP contribution in [-0.2, 0) is 23.1 Å². The summed E-state index contributed by atoms with van der Waals surface area (Å²) in [6.07, 6.45) is 1.20. The summed E-state index contributed by atoms with van der Waals surface area (Å²) in [5, 5.41) is 16.9. The zero-order valence-corrected chi connectivity index (χ0v) is 12.2. The van der Waals surface area contributed by atoms with E-state index in [1.54, 1.807) is 4.68 Å². The third kappa shape index (κ3) is 3.39. The molecule has 0 aliphatic rings. The fourth-order valence-corrected chi connectivity index (χ4v) is 2.36. The molecule has 0 spiro atoms. The molecule has 1 unspecified atom stereocenters. The van der Waals surface area contributed by atoms with E-state index in [1.165, 1.54) is 0 Å². The maximum Gasteiger partial charge on any atom is 0.326 e. The van der Waals surface area contributed by atoms with E-state index in [1.807, 2.05) is 38.2 Å². The Balaban J connectivity index is 2.13. The summed E-state index contributed by atoms with van der Waals surface area (Å²) in [5.74, 6) is -1.32. The highest BCUT2D eigenvalue weighted by atomic mass is 16.4. The van der Waals surface area contributed by atoms with Crippen molar-refractivity contribution in [1.29, 1.82) is 0 Å². The van der Waals surface area contributed by atoms with E-state index in [0.29, 0.717) is 18.5 Å². The number of rotatable bonds is 6. The van der Waals surface area contributed by atoms with Gasteiger partial charge in [-0.2, -0.15) is 5.10 Å². The fourth-order valence-electron chi connectivity index (χ4n) is 2.36. The number of aliphatic carboxylic acids is 1.